The molecule has 0 radical (unpaired) electrons. The van der Waals surface area contributed by atoms with Crippen LogP contribution >= 0.6 is 23.2 Å². The van der Waals surface area contributed by atoms with Gasteiger partial charge in [0.05, 0.1) is 20.5 Å². The maximum atomic E-state index is 12.8. The Morgan fingerprint density at radius 3 is 2.44 bits per heavy atom. The van der Waals surface area contributed by atoms with Crippen molar-refractivity contribution in [1.29, 1.82) is 0 Å². The highest BCUT2D eigenvalue weighted by atomic mass is 35.5. The van der Waals surface area contributed by atoms with Crippen LogP contribution in [0.2, 0.25) is 10.0 Å². The molecule has 1 heterocycles. The van der Waals surface area contributed by atoms with Gasteiger partial charge >= 0.3 is 6.61 Å². The average molecular weight is 497 g/mol. The van der Waals surface area contributed by atoms with Gasteiger partial charge in [0, 0.05) is 23.8 Å². The minimum atomic E-state index is -3.28. The number of sulfone groups is 1. The highest BCUT2D eigenvalue weighted by Gasteiger charge is 2.20. The molecule has 0 amide bonds. The normalized spacial score (nSPS) is 11.9. The predicted molar refractivity (Wildman–Crippen MR) is 121 cm³/mol. The van der Waals surface area contributed by atoms with Gasteiger partial charge in [0.2, 0.25) is 0 Å². The van der Waals surface area contributed by atoms with Crippen molar-refractivity contribution in [2.45, 2.75) is 17.9 Å². The molecule has 1 N–H and O–H groups in total. The van der Waals surface area contributed by atoms with Crippen LogP contribution < -0.4 is 4.74 Å². The Morgan fingerprint density at radius 2 is 1.78 bits per heavy atom. The van der Waals surface area contributed by atoms with E-state index in [1.165, 1.54) is 18.2 Å². The summed E-state index contributed by atoms with van der Waals surface area (Å²) in [7, 11) is -3.28. The lowest BCUT2D eigenvalue weighted by molar-refractivity contribution is -0.0494. The molecule has 0 atom stereocenters. The van der Waals surface area contributed by atoms with Crippen LogP contribution in [0, 0.1) is 0 Å². The lowest BCUT2D eigenvalue weighted by Gasteiger charge is -2.13. The van der Waals surface area contributed by atoms with Gasteiger partial charge in [-0.05, 0) is 29.8 Å². The van der Waals surface area contributed by atoms with E-state index in [0.717, 1.165) is 11.8 Å². The first-order valence-electron chi connectivity index (χ1n) is 9.33. The Hall–Kier alpha value is -2.68. The van der Waals surface area contributed by atoms with Crippen molar-refractivity contribution in [2.75, 3.05) is 6.26 Å². The summed E-state index contributed by atoms with van der Waals surface area (Å²) < 4.78 is 53.5. The number of H-pyrrole nitrogens is 1. The molecule has 5 nitrogen and oxygen atoms in total. The smallest absolute Gasteiger partial charge is 0.387 e. The molecule has 0 fully saturated rings. The predicted octanol–water partition coefficient (Wildman–Crippen LogP) is 6.13. The van der Waals surface area contributed by atoms with Gasteiger partial charge in [-0.25, -0.2) is 13.4 Å². The van der Waals surface area contributed by atoms with Crippen molar-refractivity contribution in [1.82, 2.24) is 9.97 Å². The first-order chi connectivity index (χ1) is 15.1. The van der Waals surface area contributed by atoms with Crippen molar-refractivity contribution >= 4 is 44.1 Å². The summed E-state index contributed by atoms with van der Waals surface area (Å²) in [5.74, 6) is 0.534. The van der Waals surface area contributed by atoms with Gasteiger partial charge in [-0.2, -0.15) is 8.78 Å². The topological polar surface area (TPSA) is 72.1 Å². The first-order valence-corrected chi connectivity index (χ1v) is 12.0. The quantitative estimate of drug-likeness (QED) is 0.348. The number of nitrogens with zero attached hydrogens (tertiary/aromatic N) is 1. The molecule has 10 heteroatoms. The summed E-state index contributed by atoms with van der Waals surface area (Å²) in [6.45, 7) is -3.00. The number of aromatic amines is 1. The molecule has 32 heavy (non-hydrogen) atoms. The molecule has 0 aliphatic heterocycles. The molecule has 0 saturated carbocycles. The van der Waals surface area contributed by atoms with Gasteiger partial charge < -0.3 is 9.72 Å². The van der Waals surface area contributed by atoms with Crippen molar-refractivity contribution in [3.63, 3.8) is 0 Å². The monoisotopic (exact) mass is 496 g/mol. The fourth-order valence-electron chi connectivity index (χ4n) is 3.38. The van der Waals surface area contributed by atoms with Crippen LogP contribution in [-0.4, -0.2) is 31.3 Å². The third-order valence-electron chi connectivity index (χ3n) is 4.81. The molecule has 0 bridgehead atoms. The van der Waals surface area contributed by atoms with Gasteiger partial charge in [-0.3, -0.25) is 0 Å². The maximum absolute atomic E-state index is 12.8. The summed E-state index contributed by atoms with van der Waals surface area (Å²) >= 11 is 13.0. The van der Waals surface area contributed by atoms with Crippen LogP contribution in [0.5, 0.6) is 5.75 Å². The molecule has 3 aromatic carbocycles. The molecule has 0 saturated heterocycles. The summed E-state index contributed by atoms with van der Waals surface area (Å²) in [4.78, 5) is 7.92. The molecule has 4 aromatic rings. The van der Waals surface area contributed by atoms with Crippen LogP contribution in [0.25, 0.3) is 22.2 Å². The lowest BCUT2D eigenvalue weighted by Crippen LogP contribution is -2.03. The lowest BCUT2D eigenvalue weighted by atomic mass is 10.0. The van der Waals surface area contributed by atoms with Crippen molar-refractivity contribution < 1.29 is 21.9 Å². The number of rotatable bonds is 6. The van der Waals surface area contributed by atoms with E-state index < -0.39 is 16.4 Å². The zero-order valence-electron chi connectivity index (χ0n) is 16.6. The summed E-state index contributed by atoms with van der Waals surface area (Å²) in [5, 5.41) is 0.452. The Balaban J connectivity index is 1.73. The van der Waals surface area contributed by atoms with E-state index in [0.29, 0.717) is 34.4 Å². The van der Waals surface area contributed by atoms with Crippen LogP contribution in [0.3, 0.4) is 0 Å². The second-order valence-electron chi connectivity index (χ2n) is 7.09. The molecule has 4 rings (SSSR count). The van der Waals surface area contributed by atoms with Gasteiger partial charge in [-0.1, -0.05) is 53.5 Å². The van der Waals surface area contributed by atoms with E-state index in [-0.39, 0.29) is 20.7 Å². The van der Waals surface area contributed by atoms with Crippen LogP contribution in [-0.2, 0) is 16.3 Å². The third-order valence-corrected chi connectivity index (χ3v) is 6.61. The van der Waals surface area contributed by atoms with Crippen LogP contribution in [0.15, 0.2) is 59.5 Å². The number of imidazole rings is 1. The minimum Gasteiger partial charge on any atom is -0.434 e. The molecule has 0 aliphatic carbocycles. The van der Waals surface area contributed by atoms with Crippen LogP contribution in [0.4, 0.5) is 8.78 Å². The van der Waals surface area contributed by atoms with Gasteiger partial charge in [0.15, 0.2) is 9.84 Å². The number of fused-ring (bicyclic) bond motifs is 1. The Kier molecular flexibility index (Phi) is 6.11. The molecular weight excluding hydrogens is 481 g/mol. The zero-order valence-corrected chi connectivity index (χ0v) is 18.9. The molecule has 166 valence electrons. The summed E-state index contributed by atoms with van der Waals surface area (Å²) in [5.41, 5.74) is 2.52. The summed E-state index contributed by atoms with van der Waals surface area (Å²) in [6.07, 6.45) is 1.54. The van der Waals surface area contributed by atoms with Gasteiger partial charge in [0.25, 0.3) is 0 Å². The number of benzene rings is 3. The van der Waals surface area contributed by atoms with E-state index in [9.17, 15) is 17.2 Å². The van der Waals surface area contributed by atoms with Crippen molar-refractivity contribution in [3.8, 4) is 16.9 Å². The number of halogens is 4. The highest BCUT2D eigenvalue weighted by molar-refractivity contribution is 7.90. The van der Waals surface area contributed by atoms with Crippen LogP contribution in [0.1, 0.15) is 11.4 Å². The van der Waals surface area contributed by atoms with Gasteiger partial charge in [0.1, 0.15) is 17.1 Å². The molecule has 0 spiro atoms. The van der Waals surface area contributed by atoms with E-state index in [1.54, 1.807) is 36.4 Å². The number of para-hydroxylation sites is 1. The second-order valence-corrected chi connectivity index (χ2v) is 9.90. The number of alkyl halides is 2. The van der Waals surface area contributed by atoms with E-state index in [1.807, 2.05) is 0 Å². The Labute approximate surface area is 192 Å². The highest BCUT2D eigenvalue weighted by Crippen LogP contribution is 2.43. The number of ether oxygens (including phenoxy) is 1. The standard InChI is InChI=1S/C22H16Cl2F2N2O3S/c1-32(29,30)13-8-6-12(7-9-13)10-18-27-16-11-15(23)19(20(24)21(16)28-18)14-4-2-3-5-17(14)31-22(25)26/h2-9,11,22H,10H2,1H3,(H,27,28). The number of hydrogen-bond donors (Lipinski definition) is 1. The fourth-order valence-corrected chi connectivity index (χ4v) is 4.71. The third kappa shape index (κ3) is 4.57. The largest absolute Gasteiger partial charge is 0.434 e. The SMILES string of the molecule is CS(=O)(=O)c1ccc(Cc2nc3c(Cl)c(-c4ccccc4OC(F)F)c(Cl)cc3[nH]2)cc1. The Bertz CT molecular complexity index is 1400. The first kappa shape index (κ1) is 22.5. The fraction of sp³-hybridized carbons (Fsp3) is 0.136. The number of aromatic nitrogens is 2. The molecule has 1 aromatic heterocycles. The van der Waals surface area contributed by atoms with E-state index >= 15 is 0 Å². The van der Waals surface area contributed by atoms with Crippen molar-refractivity contribution in [2.24, 2.45) is 0 Å². The van der Waals surface area contributed by atoms with E-state index in [4.69, 9.17) is 23.2 Å². The summed E-state index contributed by atoms with van der Waals surface area (Å²) in [6, 6.07) is 14.4. The number of hydrogen-bond acceptors (Lipinski definition) is 4. The van der Waals surface area contributed by atoms with Gasteiger partial charge in [-0.15, -0.1) is 0 Å². The number of nitrogens with one attached hydrogen (secondary N) is 1. The Morgan fingerprint density at radius 1 is 1.09 bits per heavy atom. The minimum absolute atomic E-state index is 0.0487. The molecular formula is C22H16Cl2F2N2O3S. The maximum Gasteiger partial charge on any atom is 0.387 e. The van der Waals surface area contributed by atoms with Crippen molar-refractivity contribution in [3.05, 3.63) is 76.0 Å². The second kappa shape index (κ2) is 8.69. The average Bonchev–Trinajstić information content (AvgIpc) is 3.11. The molecule has 0 unspecified atom stereocenters. The zero-order chi connectivity index (χ0) is 23.0. The van der Waals surface area contributed by atoms with E-state index in [2.05, 4.69) is 14.7 Å². The molecule has 0 aliphatic rings.